The van der Waals surface area contributed by atoms with Gasteiger partial charge in [-0.2, -0.15) is 10.5 Å². The molecule has 6 nitrogen and oxygen atoms in total. The lowest BCUT2D eigenvalue weighted by Gasteiger charge is -1.90. The molecule has 0 saturated heterocycles. The Morgan fingerprint density at radius 3 is 2.73 bits per heavy atom. The van der Waals surface area contributed by atoms with Crippen molar-refractivity contribution < 1.29 is 0 Å². The zero-order valence-corrected chi connectivity index (χ0v) is 7.62. The van der Waals surface area contributed by atoms with Crippen LogP contribution in [0.3, 0.4) is 0 Å². The van der Waals surface area contributed by atoms with E-state index in [0.717, 1.165) is 5.56 Å². The van der Waals surface area contributed by atoms with Gasteiger partial charge >= 0.3 is 0 Å². The Balaban J connectivity index is 2.15. The summed E-state index contributed by atoms with van der Waals surface area (Å²) in [7, 11) is 0. The number of nitrogens with one attached hydrogen (secondary N) is 1. The summed E-state index contributed by atoms with van der Waals surface area (Å²) < 4.78 is 0. The van der Waals surface area contributed by atoms with E-state index < -0.39 is 0 Å². The predicted molar refractivity (Wildman–Crippen MR) is 52.6 cm³/mol. The molecule has 1 aromatic carbocycles. The highest BCUT2D eigenvalue weighted by Gasteiger charge is 1.93. The Bertz CT molecular complexity index is 490. The number of H-pyrrole nitrogens is 1. The fraction of sp³-hybridized carbons (Fsp3) is 0. The molecular weight excluding hydrogens is 192 g/mol. The average molecular weight is 198 g/mol. The van der Waals surface area contributed by atoms with Crippen molar-refractivity contribution in [3.05, 3.63) is 35.4 Å². The zero-order chi connectivity index (χ0) is 10.5. The van der Waals surface area contributed by atoms with Crippen LogP contribution in [0.5, 0.6) is 0 Å². The summed E-state index contributed by atoms with van der Waals surface area (Å²) in [5.74, 6) is 0.277. The molecule has 1 N–H and O–H groups in total. The van der Waals surface area contributed by atoms with Gasteiger partial charge in [0.1, 0.15) is 0 Å². The van der Waals surface area contributed by atoms with Gasteiger partial charge in [-0.1, -0.05) is 17.2 Å². The second-order valence-corrected chi connectivity index (χ2v) is 2.70. The standard InChI is InChI=1S/C9H6N6/c10-5-7-1-3-8(4-2-7)6-11-9-12-14-15-13-9/h1-4,6H,(H,12,13,14,15)/b11-6+. The summed E-state index contributed by atoms with van der Waals surface area (Å²) in [6.45, 7) is 0. The van der Waals surface area contributed by atoms with Gasteiger partial charge in [0.05, 0.1) is 11.6 Å². The van der Waals surface area contributed by atoms with Crippen molar-refractivity contribution in [1.29, 1.82) is 5.26 Å². The highest BCUT2D eigenvalue weighted by molar-refractivity contribution is 5.81. The summed E-state index contributed by atoms with van der Waals surface area (Å²) in [6, 6.07) is 9.07. The molecule has 0 unspecified atom stereocenters. The van der Waals surface area contributed by atoms with E-state index in [-0.39, 0.29) is 5.95 Å². The van der Waals surface area contributed by atoms with Gasteiger partial charge in [-0.05, 0) is 22.9 Å². The molecule has 0 bridgehead atoms. The molecule has 1 heterocycles. The minimum absolute atomic E-state index is 0.277. The molecule has 0 amide bonds. The second kappa shape index (κ2) is 4.11. The van der Waals surface area contributed by atoms with E-state index in [2.05, 4.69) is 25.6 Å². The Labute approximate surface area is 85.3 Å². The number of aliphatic imine (C=N–C) groups is 1. The van der Waals surface area contributed by atoms with Crippen LogP contribution in [-0.2, 0) is 0 Å². The Kier molecular flexibility index (Phi) is 2.47. The number of rotatable bonds is 2. The van der Waals surface area contributed by atoms with Gasteiger partial charge in [-0.3, -0.25) is 0 Å². The van der Waals surface area contributed by atoms with Gasteiger partial charge < -0.3 is 0 Å². The topological polar surface area (TPSA) is 90.6 Å². The Morgan fingerprint density at radius 2 is 2.13 bits per heavy atom. The zero-order valence-electron chi connectivity index (χ0n) is 7.62. The van der Waals surface area contributed by atoms with Crippen molar-refractivity contribution in [3.63, 3.8) is 0 Å². The summed E-state index contributed by atoms with van der Waals surface area (Å²) in [5, 5.41) is 21.6. The highest BCUT2D eigenvalue weighted by Crippen LogP contribution is 2.03. The number of benzene rings is 1. The number of nitrogens with zero attached hydrogens (tertiary/aromatic N) is 5. The Hall–Kier alpha value is -2.55. The highest BCUT2D eigenvalue weighted by atomic mass is 15.5. The molecule has 0 aliphatic carbocycles. The SMILES string of the molecule is N#Cc1ccc(/C=N/c2nn[nH]n2)cc1. The number of hydrogen-bond donors (Lipinski definition) is 1. The minimum Gasteiger partial charge on any atom is -0.216 e. The third-order valence-electron chi connectivity index (χ3n) is 1.70. The lowest BCUT2D eigenvalue weighted by Crippen LogP contribution is -1.81. The van der Waals surface area contributed by atoms with Crippen molar-refractivity contribution in [3.8, 4) is 6.07 Å². The lowest BCUT2D eigenvalue weighted by molar-refractivity contribution is 0.881. The van der Waals surface area contributed by atoms with Crippen molar-refractivity contribution in [2.75, 3.05) is 0 Å². The number of nitriles is 1. The van der Waals surface area contributed by atoms with E-state index in [1.54, 1.807) is 30.5 Å². The molecule has 72 valence electrons. The molecule has 6 heteroatoms. The molecule has 15 heavy (non-hydrogen) atoms. The van der Waals surface area contributed by atoms with Gasteiger partial charge in [0.15, 0.2) is 0 Å². The van der Waals surface area contributed by atoms with Crippen LogP contribution in [0.2, 0.25) is 0 Å². The first-order chi connectivity index (χ1) is 7.38. The van der Waals surface area contributed by atoms with E-state index in [0.29, 0.717) is 5.56 Å². The van der Waals surface area contributed by atoms with Gasteiger partial charge in [-0.25, -0.2) is 4.99 Å². The third kappa shape index (κ3) is 2.22. The van der Waals surface area contributed by atoms with Gasteiger partial charge in [0.25, 0.3) is 5.95 Å². The quantitative estimate of drug-likeness (QED) is 0.723. The largest absolute Gasteiger partial charge is 0.288 e. The van der Waals surface area contributed by atoms with E-state index in [1.807, 2.05) is 6.07 Å². The van der Waals surface area contributed by atoms with Crippen LogP contribution in [0.15, 0.2) is 29.3 Å². The van der Waals surface area contributed by atoms with Crippen molar-refractivity contribution in [2.24, 2.45) is 4.99 Å². The van der Waals surface area contributed by atoms with Crippen LogP contribution in [0.4, 0.5) is 5.95 Å². The molecule has 0 saturated carbocycles. The third-order valence-corrected chi connectivity index (χ3v) is 1.70. The normalized spacial score (nSPS) is 10.3. The predicted octanol–water partition coefficient (Wildman–Crippen LogP) is 0.822. The van der Waals surface area contributed by atoms with Crippen LogP contribution < -0.4 is 0 Å². The fourth-order valence-electron chi connectivity index (χ4n) is 0.987. The average Bonchev–Trinajstić information content (AvgIpc) is 2.80. The van der Waals surface area contributed by atoms with Gasteiger partial charge in [-0.15, -0.1) is 5.10 Å². The molecule has 0 aliphatic rings. The smallest absolute Gasteiger partial charge is 0.216 e. The van der Waals surface area contributed by atoms with Crippen molar-refractivity contribution in [2.45, 2.75) is 0 Å². The number of aromatic amines is 1. The molecule has 1 aromatic heterocycles. The summed E-state index contributed by atoms with van der Waals surface area (Å²) in [6.07, 6.45) is 1.60. The van der Waals surface area contributed by atoms with E-state index in [9.17, 15) is 0 Å². The van der Waals surface area contributed by atoms with E-state index >= 15 is 0 Å². The molecular formula is C9H6N6. The molecule has 2 aromatic rings. The minimum atomic E-state index is 0.277. The maximum absolute atomic E-state index is 8.59. The first-order valence-electron chi connectivity index (χ1n) is 4.16. The van der Waals surface area contributed by atoms with Crippen LogP contribution in [0, 0.1) is 11.3 Å². The number of aromatic nitrogens is 4. The van der Waals surface area contributed by atoms with Crippen LogP contribution >= 0.6 is 0 Å². The lowest BCUT2D eigenvalue weighted by atomic mass is 10.2. The maximum atomic E-state index is 8.59. The monoisotopic (exact) mass is 198 g/mol. The molecule has 0 fully saturated rings. The molecule has 0 radical (unpaired) electrons. The maximum Gasteiger partial charge on any atom is 0.288 e. The molecule has 2 rings (SSSR count). The van der Waals surface area contributed by atoms with E-state index in [4.69, 9.17) is 5.26 Å². The van der Waals surface area contributed by atoms with Gasteiger partial charge in [0.2, 0.25) is 0 Å². The van der Waals surface area contributed by atoms with Crippen molar-refractivity contribution in [1.82, 2.24) is 20.6 Å². The van der Waals surface area contributed by atoms with Crippen LogP contribution in [0.1, 0.15) is 11.1 Å². The summed E-state index contributed by atoms with van der Waals surface area (Å²) in [5.41, 5.74) is 1.49. The molecule has 0 spiro atoms. The molecule has 0 aliphatic heterocycles. The van der Waals surface area contributed by atoms with Crippen molar-refractivity contribution >= 4 is 12.2 Å². The Morgan fingerprint density at radius 1 is 1.33 bits per heavy atom. The first-order valence-corrected chi connectivity index (χ1v) is 4.16. The summed E-state index contributed by atoms with van der Waals surface area (Å²) >= 11 is 0. The number of hydrogen-bond acceptors (Lipinski definition) is 5. The summed E-state index contributed by atoms with van der Waals surface area (Å²) in [4.78, 5) is 3.97. The fourth-order valence-corrected chi connectivity index (χ4v) is 0.987. The van der Waals surface area contributed by atoms with Crippen LogP contribution in [0.25, 0.3) is 0 Å². The molecule has 0 atom stereocenters. The van der Waals surface area contributed by atoms with E-state index in [1.165, 1.54) is 0 Å². The second-order valence-electron chi connectivity index (χ2n) is 2.70. The van der Waals surface area contributed by atoms with Crippen LogP contribution in [-0.4, -0.2) is 26.8 Å². The van der Waals surface area contributed by atoms with Gasteiger partial charge in [0, 0.05) is 6.21 Å². The number of tetrazole rings is 1. The first kappa shape index (κ1) is 9.02.